The normalized spacial score (nSPS) is 19.4. The zero-order valence-electron chi connectivity index (χ0n) is 12.8. The molecular formula is C20H20Br2. The number of allylic oxidation sites excluding steroid dienone is 1. The maximum Gasteiger partial charge on any atom is 0.0178 e. The van der Waals surface area contributed by atoms with Crippen LogP contribution >= 0.6 is 31.9 Å². The molecule has 0 amide bonds. The van der Waals surface area contributed by atoms with Crippen LogP contribution in [0.15, 0.2) is 58.0 Å². The molecular weight excluding hydrogens is 400 g/mol. The summed E-state index contributed by atoms with van der Waals surface area (Å²) in [5.74, 6) is 0. The monoisotopic (exact) mass is 418 g/mol. The minimum absolute atomic E-state index is 0.170. The fourth-order valence-corrected chi connectivity index (χ4v) is 4.65. The molecule has 2 aromatic carbocycles. The lowest BCUT2D eigenvalue weighted by Crippen LogP contribution is -2.32. The molecule has 3 rings (SSSR count). The molecule has 0 aliphatic heterocycles. The zero-order chi connectivity index (χ0) is 15.7. The van der Waals surface area contributed by atoms with Crippen LogP contribution in [0, 0.1) is 0 Å². The van der Waals surface area contributed by atoms with Crippen molar-refractivity contribution < 1.29 is 0 Å². The lowest BCUT2D eigenvalue weighted by atomic mass is 9.64. The number of halogens is 2. The molecule has 0 unspecified atom stereocenters. The third kappa shape index (κ3) is 2.72. The first-order chi connectivity index (χ1) is 10.6. The van der Waals surface area contributed by atoms with Crippen molar-refractivity contribution in [2.24, 2.45) is 0 Å². The minimum atomic E-state index is 0.170. The number of hydrogen-bond acceptors (Lipinski definition) is 0. The Hall–Kier alpha value is -0.860. The largest absolute Gasteiger partial charge is 0.103 e. The third-order valence-corrected chi connectivity index (χ3v) is 5.69. The van der Waals surface area contributed by atoms with E-state index in [4.69, 9.17) is 0 Å². The first kappa shape index (κ1) is 16.0. The van der Waals surface area contributed by atoms with E-state index in [1.54, 1.807) is 0 Å². The van der Waals surface area contributed by atoms with Crippen LogP contribution in [-0.2, 0) is 11.8 Å². The molecule has 22 heavy (non-hydrogen) atoms. The summed E-state index contributed by atoms with van der Waals surface area (Å²) >= 11 is 7.29. The van der Waals surface area contributed by atoms with Gasteiger partial charge in [0, 0.05) is 14.4 Å². The average molecular weight is 420 g/mol. The lowest BCUT2D eigenvalue weighted by molar-refractivity contribution is 0.386. The van der Waals surface area contributed by atoms with Gasteiger partial charge in [-0.1, -0.05) is 63.4 Å². The van der Waals surface area contributed by atoms with E-state index < -0.39 is 0 Å². The molecule has 0 saturated carbocycles. The van der Waals surface area contributed by atoms with Crippen molar-refractivity contribution >= 4 is 31.9 Å². The highest BCUT2D eigenvalue weighted by molar-refractivity contribution is 9.10. The van der Waals surface area contributed by atoms with E-state index in [1.165, 1.54) is 35.1 Å². The van der Waals surface area contributed by atoms with E-state index >= 15 is 0 Å². The number of rotatable bonds is 4. The molecule has 1 aliphatic rings. The van der Waals surface area contributed by atoms with Crippen LogP contribution in [-0.4, -0.2) is 0 Å². The van der Waals surface area contributed by atoms with E-state index in [1.807, 2.05) is 0 Å². The summed E-state index contributed by atoms with van der Waals surface area (Å²) in [6.07, 6.45) is 6.57. The van der Waals surface area contributed by atoms with E-state index in [9.17, 15) is 0 Å². The van der Waals surface area contributed by atoms with E-state index in [0.717, 1.165) is 21.8 Å². The summed E-state index contributed by atoms with van der Waals surface area (Å²) in [5, 5.41) is 0. The van der Waals surface area contributed by atoms with Gasteiger partial charge >= 0.3 is 0 Å². The number of benzene rings is 2. The van der Waals surface area contributed by atoms with Crippen LogP contribution in [0.1, 0.15) is 37.3 Å². The highest BCUT2D eigenvalue weighted by Crippen LogP contribution is 2.49. The first-order valence-corrected chi connectivity index (χ1v) is 9.38. The molecule has 1 atom stereocenters. The molecule has 114 valence electrons. The maximum absolute atomic E-state index is 4.03. The second kappa shape index (κ2) is 6.33. The molecule has 0 saturated heterocycles. The molecule has 0 aromatic heterocycles. The van der Waals surface area contributed by atoms with Crippen LogP contribution in [0.3, 0.4) is 0 Å². The Balaban J connectivity index is 2.27. The van der Waals surface area contributed by atoms with E-state index in [-0.39, 0.29) is 5.41 Å². The second-order valence-electron chi connectivity index (χ2n) is 6.19. The molecule has 0 fully saturated rings. The number of hydrogen-bond donors (Lipinski definition) is 0. The zero-order valence-corrected chi connectivity index (χ0v) is 16.0. The Morgan fingerprint density at radius 3 is 2.45 bits per heavy atom. The third-order valence-electron chi connectivity index (χ3n) is 4.70. The van der Waals surface area contributed by atoms with Crippen molar-refractivity contribution in [2.45, 2.75) is 38.0 Å². The standard InChI is InChI=1S/C20H20Br2/c1-3-9-20(10-4-2)13-14-11-15(21)5-7-17(14)18-8-6-16(22)12-19(18)20/h3,5-8,11-12H,1,4,9-10,13H2,2H3/t20-/m1/s1. The smallest absolute Gasteiger partial charge is 0.0178 e. The molecule has 0 N–H and O–H groups in total. The summed E-state index contributed by atoms with van der Waals surface area (Å²) in [6.45, 7) is 6.31. The predicted octanol–water partition coefficient (Wildman–Crippen LogP) is 7.05. The van der Waals surface area contributed by atoms with Gasteiger partial charge in [-0.15, -0.1) is 6.58 Å². The van der Waals surface area contributed by atoms with Gasteiger partial charge in [-0.3, -0.25) is 0 Å². The first-order valence-electron chi connectivity index (χ1n) is 7.79. The molecule has 0 spiro atoms. The Labute approximate surface area is 149 Å². The number of fused-ring (bicyclic) bond motifs is 3. The van der Waals surface area contributed by atoms with Gasteiger partial charge in [0.15, 0.2) is 0 Å². The van der Waals surface area contributed by atoms with E-state index in [2.05, 4.69) is 87.8 Å². The van der Waals surface area contributed by atoms with Gasteiger partial charge < -0.3 is 0 Å². The van der Waals surface area contributed by atoms with Crippen molar-refractivity contribution in [2.75, 3.05) is 0 Å². The molecule has 2 aromatic rings. The topological polar surface area (TPSA) is 0 Å². The summed E-state index contributed by atoms with van der Waals surface area (Å²) in [4.78, 5) is 0. The Morgan fingerprint density at radius 2 is 1.77 bits per heavy atom. The second-order valence-corrected chi connectivity index (χ2v) is 8.02. The van der Waals surface area contributed by atoms with Gasteiger partial charge in [-0.25, -0.2) is 0 Å². The van der Waals surface area contributed by atoms with Crippen molar-refractivity contribution in [3.05, 3.63) is 69.1 Å². The SMILES string of the molecule is C=CC[C@@]1(CCC)Cc2cc(Br)ccc2-c2ccc(Br)cc21. The summed E-state index contributed by atoms with van der Waals surface area (Å²) in [7, 11) is 0. The van der Waals surface area contributed by atoms with Crippen molar-refractivity contribution in [3.8, 4) is 11.1 Å². The molecule has 0 radical (unpaired) electrons. The molecule has 0 nitrogen and oxygen atoms in total. The van der Waals surface area contributed by atoms with Gasteiger partial charge in [-0.05, 0) is 65.8 Å². The van der Waals surface area contributed by atoms with Gasteiger partial charge in [0.2, 0.25) is 0 Å². The average Bonchev–Trinajstić information content (AvgIpc) is 2.48. The van der Waals surface area contributed by atoms with Gasteiger partial charge in [0.1, 0.15) is 0 Å². The quantitative estimate of drug-likeness (QED) is 0.465. The van der Waals surface area contributed by atoms with Crippen LogP contribution in [0.25, 0.3) is 11.1 Å². The molecule has 0 heterocycles. The van der Waals surface area contributed by atoms with Crippen LogP contribution in [0.4, 0.5) is 0 Å². The van der Waals surface area contributed by atoms with Crippen molar-refractivity contribution in [1.29, 1.82) is 0 Å². The lowest BCUT2D eigenvalue weighted by Gasteiger charge is -2.40. The highest BCUT2D eigenvalue weighted by atomic mass is 79.9. The Morgan fingerprint density at radius 1 is 1.09 bits per heavy atom. The van der Waals surface area contributed by atoms with E-state index in [0.29, 0.717) is 0 Å². The molecule has 1 aliphatic carbocycles. The van der Waals surface area contributed by atoms with Gasteiger partial charge in [0.05, 0.1) is 0 Å². The van der Waals surface area contributed by atoms with Crippen LogP contribution in [0.2, 0.25) is 0 Å². The van der Waals surface area contributed by atoms with Crippen molar-refractivity contribution in [1.82, 2.24) is 0 Å². The summed E-state index contributed by atoms with van der Waals surface area (Å²) < 4.78 is 2.33. The Bertz CT molecular complexity index is 718. The highest BCUT2D eigenvalue weighted by Gasteiger charge is 2.37. The van der Waals surface area contributed by atoms with Gasteiger partial charge in [-0.2, -0.15) is 0 Å². The molecule has 0 bridgehead atoms. The Kier molecular flexibility index (Phi) is 4.61. The van der Waals surface area contributed by atoms with Crippen LogP contribution in [0.5, 0.6) is 0 Å². The van der Waals surface area contributed by atoms with Crippen LogP contribution < -0.4 is 0 Å². The molecule has 2 heteroatoms. The predicted molar refractivity (Wildman–Crippen MR) is 102 cm³/mol. The van der Waals surface area contributed by atoms with Gasteiger partial charge in [0.25, 0.3) is 0 Å². The summed E-state index contributed by atoms with van der Waals surface area (Å²) in [5.41, 5.74) is 5.84. The fraction of sp³-hybridized carbons (Fsp3) is 0.300. The maximum atomic E-state index is 4.03. The minimum Gasteiger partial charge on any atom is -0.103 e. The van der Waals surface area contributed by atoms with Crippen molar-refractivity contribution in [3.63, 3.8) is 0 Å². The fourth-order valence-electron chi connectivity index (χ4n) is 3.88. The summed E-state index contributed by atoms with van der Waals surface area (Å²) in [6, 6.07) is 13.4.